The zero-order valence-electron chi connectivity index (χ0n) is 15.8. The minimum atomic E-state index is 0. The quantitative estimate of drug-likeness (QED) is 0.404. The fraction of sp³-hybridized carbons (Fsp3) is 0.588. The number of halogens is 1. The largest absolute Gasteiger partial charge is 0.466 e. The summed E-state index contributed by atoms with van der Waals surface area (Å²) < 4.78 is 9.97. The summed E-state index contributed by atoms with van der Waals surface area (Å²) >= 11 is 1.50. The van der Waals surface area contributed by atoms with E-state index in [1.54, 1.807) is 0 Å². The van der Waals surface area contributed by atoms with Gasteiger partial charge in [0.05, 0.1) is 0 Å². The van der Waals surface area contributed by atoms with Crippen LogP contribution in [0.2, 0.25) is 0 Å². The number of furan rings is 1. The minimum Gasteiger partial charge on any atom is -0.466 e. The Balaban J connectivity index is 0.00000243. The fourth-order valence-electron chi connectivity index (χ4n) is 2.99. The highest BCUT2D eigenvalue weighted by atomic mass is 127. The molecule has 3 rings (SSSR count). The number of nitrogens with one attached hydrogen (secondary N) is 1. The number of aromatic nitrogens is 2. The monoisotopic (exact) mass is 490 g/mol. The highest BCUT2D eigenvalue weighted by Crippen LogP contribution is 2.19. The van der Waals surface area contributed by atoms with Gasteiger partial charge in [0.25, 0.3) is 0 Å². The molecule has 3 heterocycles. The molecule has 1 fully saturated rings. The van der Waals surface area contributed by atoms with E-state index in [1.807, 2.05) is 20.9 Å². The fourth-order valence-corrected chi connectivity index (χ4v) is 3.79. The van der Waals surface area contributed by atoms with Gasteiger partial charge in [-0.1, -0.05) is 6.92 Å². The van der Waals surface area contributed by atoms with Crippen LogP contribution in [-0.2, 0) is 13.0 Å². The molecule has 26 heavy (non-hydrogen) atoms. The maximum absolute atomic E-state index is 5.59. The van der Waals surface area contributed by atoms with E-state index < -0.39 is 0 Å². The number of aliphatic imine (C=N–C) groups is 1. The molecule has 0 saturated carbocycles. The summed E-state index contributed by atoms with van der Waals surface area (Å²) in [5, 5.41) is 4.48. The number of hydrogen-bond donors (Lipinski definition) is 1. The average Bonchev–Trinajstić information content (AvgIpc) is 3.22. The van der Waals surface area contributed by atoms with Crippen LogP contribution >= 0.6 is 35.5 Å². The van der Waals surface area contributed by atoms with E-state index in [2.05, 4.69) is 42.5 Å². The predicted molar refractivity (Wildman–Crippen MR) is 117 cm³/mol. The number of rotatable bonds is 4. The Morgan fingerprint density at radius 2 is 2.04 bits per heavy atom. The van der Waals surface area contributed by atoms with E-state index in [1.165, 1.54) is 17.1 Å². The number of anilines is 1. The molecule has 0 atom stereocenters. The summed E-state index contributed by atoms with van der Waals surface area (Å²) in [4.78, 5) is 13.6. The van der Waals surface area contributed by atoms with Crippen LogP contribution in [0.15, 0.2) is 15.5 Å². The van der Waals surface area contributed by atoms with Crippen LogP contribution in [0.4, 0.5) is 5.13 Å². The van der Waals surface area contributed by atoms with E-state index >= 15 is 0 Å². The van der Waals surface area contributed by atoms with Crippen LogP contribution in [0.1, 0.15) is 29.8 Å². The van der Waals surface area contributed by atoms with Gasteiger partial charge in [0, 0.05) is 63.3 Å². The second-order valence-corrected chi connectivity index (χ2v) is 6.89. The van der Waals surface area contributed by atoms with E-state index in [9.17, 15) is 0 Å². The molecular formula is C17H27IN6OS. The molecule has 144 valence electrons. The molecule has 0 unspecified atom stereocenters. The molecular weight excluding hydrogens is 463 g/mol. The number of aryl methyl sites for hydroxylation is 3. The Morgan fingerprint density at radius 1 is 1.31 bits per heavy atom. The molecule has 0 aliphatic carbocycles. The molecule has 0 bridgehead atoms. The topological polar surface area (TPSA) is 69.8 Å². The van der Waals surface area contributed by atoms with Gasteiger partial charge < -0.3 is 19.5 Å². The summed E-state index contributed by atoms with van der Waals surface area (Å²) in [7, 11) is 1.83. The van der Waals surface area contributed by atoms with Gasteiger partial charge in [-0.2, -0.15) is 4.37 Å². The van der Waals surface area contributed by atoms with Gasteiger partial charge in [-0.05, 0) is 19.9 Å². The van der Waals surface area contributed by atoms with Crippen LogP contribution < -0.4 is 10.2 Å². The van der Waals surface area contributed by atoms with Crippen molar-refractivity contribution in [2.75, 3.05) is 38.1 Å². The maximum atomic E-state index is 5.59. The molecule has 0 aromatic carbocycles. The van der Waals surface area contributed by atoms with Crippen LogP contribution in [0.5, 0.6) is 0 Å². The lowest BCUT2D eigenvalue weighted by Gasteiger charge is -2.36. The van der Waals surface area contributed by atoms with Crippen molar-refractivity contribution in [1.29, 1.82) is 0 Å². The first-order chi connectivity index (χ1) is 12.1. The van der Waals surface area contributed by atoms with E-state index in [0.717, 1.165) is 67.6 Å². The molecule has 2 aromatic heterocycles. The van der Waals surface area contributed by atoms with Gasteiger partial charge in [-0.3, -0.25) is 4.99 Å². The lowest BCUT2D eigenvalue weighted by atomic mass is 10.2. The van der Waals surface area contributed by atoms with Gasteiger partial charge >= 0.3 is 0 Å². The molecule has 7 nitrogen and oxygen atoms in total. The third-order valence-corrected chi connectivity index (χ3v) is 5.23. The van der Waals surface area contributed by atoms with Crippen molar-refractivity contribution in [3.05, 3.63) is 29.0 Å². The van der Waals surface area contributed by atoms with Gasteiger partial charge in [0.1, 0.15) is 17.3 Å². The van der Waals surface area contributed by atoms with Crippen LogP contribution in [0, 0.1) is 13.8 Å². The van der Waals surface area contributed by atoms with Crippen LogP contribution in [0.3, 0.4) is 0 Å². The van der Waals surface area contributed by atoms with Crippen molar-refractivity contribution in [3.8, 4) is 0 Å². The normalized spacial score (nSPS) is 15.2. The molecule has 1 saturated heterocycles. The summed E-state index contributed by atoms with van der Waals surface area (Å²) in [6, 6.07) is 2.08. The third-order valence-electron chi connectivity index (χ3n) is 4.42. The molecule has 0 spiro atoms. The summed E-state index contributed by atoms with van der Waals surface area (Å²) in [6.45, 7) is 10.5. The standard InChI is InChI=1S/C17H26N6OS.HI/c1-5-15-20-17(25-21-15)23-8-6-22(7-9-23)16(18-4)19-11-14-10-12(2)24-13(14)3;/h10H,5-9,11H2,1-4H3,(H,18,19);1H. The smallest absolute Gasteiger partial charge is 0.205 e. The van der Waals surface area contributed by atoms with Gasteiger partial charge in [0.15, 0.2) is 5.96 Å². The van der Waals surface area contributed by atoms with Crippen molar-refractivity contribution < 1.29 is 4.42 Å². The number of hydrogen-bond acceptors (Lipinski definition) is 6. The maximum Gasteiger partial charge on any atom is 0.205 e. The van der Waals surface area contributed by atoms with Crippen LogP contribution in [-0.4, -0.2) is 53.4 Å². The summed E-state index contributed by atoms with van der Waals surface area (Å²) in [5.41, 5.74) is 1.18. The van der Waals surface area contributed by atoms with Crippen LogP contribution in [0.25, 0.3) is 0 Å². The zero-order valence-corrected chi connectivity index (χ0v) is 18.9. The number of guanidine groups is 1. The van der Waals surface area contributed by atoms with E-state index in [-0.39, 0.29) is 24.0 Å². The average molecular weight is 490 g/mol. The van der Waals surface area contributed by atoms with Crippen molar-refractivity contribution in [3.63, 3.8) is 0 Å². The highest BCUT2D eigenvalue weighted by molar-refractivity contribution is 14.0. The van der Waals surface area contributed by atoms with Gasteiger partial charge in [-0.15, -0.1) is 24.0 Å². The first kappa shape index (κ1) is 20.9. The molecule has 0 amide bonds. The SMILES string of the molecule is CCc1nsc(N2CCN(C(=NC)NCc3cc(C)oc3C)CC2)n1.I. The van der Waals surface area contributed by atoms with Crippen molar-refractivity contribution in [2.24, 2.45) is 4.99 Å². The molecule has 9 heteroatoms. The van der Waals surface area contributed by atoms with Gasteiger partial charge in [-0.25, -0.2) is 4.98 Å². The molecule has 1 N–H and O–H groups in total. The first-order valence-electron chi connectivity index (χ1n) is 8.69. The van der Waals surface area contributed by atoms with E-state index in [0.29, 0.717) is 0 Å². The minimum absolute atomic E-state index is 0. The Kier molecular flexibility index (Phi) is 7.69. The second kappa shape index (κ2) is 9.54. The Hall–Kier alpha value is -1.36. The predicted octanol–water partition coefficient (Wildman–Crippen LogP) is 2.83. The highest BCUT2D eigenvalue weighted by Gasteiger charge is 2.22. The molecule has 1 aliphatic rings. The van der Waals surface area contributed by atoms with E-state index in [4.69, 9.17) is 4.42 Å². The lowest BCUT2D eigenvalue weighted by molar-refractivity contribution is 0.372. The Labute approximate surface area is 176 Å². The Morgan fingerprint density at radius 3 is 2.58 bits per heavy atom. The second-order valence-electron chi connectivity index (χ2n) is 6.16. The molecule has 2 aromatic rings. The number of nitrogens with zero attached hydrogens (tertiary/aromatic N) is 5. The first-order valence-corrected chi connectivity index (χ1v) is 9.47. The zero-order chi connectivity index (χ0) is 17.8. The van der Waals surface area contributed by atoms with Gasteiger partial charge in [0.2, 0.25) is 5.13 Å². The third kappa shape index (κ3) is 4.87. The lowest BCUT2D eigenvalue weighted by Crippen LogP contribution is -2.52. The molecule has 1 aliphatic heterocycles. The summed E-state index contributed by atoms with van der Waals surface area (Å²) in [5.74, 6) is 3.78. The van der Waals surface area contributed by atoms with Crippen molar-refractivity contribution in [2.45, 2.75) is 33.7 Å². The number of piperazine rings is 1. The summed E-state index contributed by atoms with van der Waals surface area (Å²) in [6.07, 6.45) is 0.889. The van der Waals surface area contributed by atoms with Crippen molar-refractivity contribution in [1.82, 2.24) is 19.6 Å². The van der Waals surface area contributed by atoms with Crippen molar-refractivity contribution >= 4 is 46.6 Å². The molecule has 0 radical (unpaired) electrons. The Bertz CT molecular complexity index is 735.